The lowest BCUT2D eigenvalue weighted by molar-refractivity contribution is 0.341. The van der Waals surface area contributed by atoms with Crippen molar-refractivity contribution < 1.29 is 27.4 Å². The van der Waals surface area contributed by atoms with Crippen molar-refractivity contribution in [3.63, 3.8) is 0 Å². The van der Waals surface area contributed by atoms with Crippen molar-refractivity contribution in [2.24, 2.45) is 0 Å². The van der Waals surface area contributed by atoms with Gasteiger partial charge in [-0.1, -0.05) is 17.7 Å². The fraction of sp³-hybridized carbons (Fsp3) is 0.160. The van der Waals surface area contributed by atoms with Gasteiger partial charge in [0.1, 0.15) is 23.9 Å². The molecule has 0 aliphatic carbocycles. The van der Waals surface area contributed by atoms with E-state index >= 15 is 0 Å². The molecule has 0 atom stereocenters. The van der Waals surface area contributed by atoms with E-state index in [1.807, 2.05) is 0 Å². The van der Waals surface area contributed by atoms with Gasteiger partial charge in [0, 0.05) is 22.7 Å². The highest BCUT2D eigenvalue weighted by molar-refractivity contribution is 7.91. The molecule has 9 heteroatoms. The van der Waals surface area contributed by atoms with Crippen molar-refractivity contribution >= 4 is 32.3 Å². The molecule has 1 aromatic heterocycles. The van der Waals surface area contributed by atoms with Crippen molar-refractivity contribution in [1.29, 1.82) is 0 Å². The van der Waals surface area contributed by atoms with Crippen LogP contribution in [0.4, 0.5) is 0 Å². The highest BCUT2D eigenvalue weighted by Crippen LogP contribution is 2.37. The van der Waals surface area contributed by atoms with Crippen molar-refractivity contribution in [2.45, 2.75) is 4.90 Å². The average Bonchev–Trinajstić information content (AvgIpc) is 2.83. The molecule has 0 aliphatic rings. The summed E-state index contributed by atoms with van der Waals surface area (Å²) in [7, 11) is -0.422. The molecule has 34 heavy (non-hydrogen) atoms. The SMILES string of the molecule is COc1cc2nccc(Oc3ccc(S(=O)(=O)CCOc4cccc(Cl)c4)cc3)c2cc1OC. The maximum Gasteiger partial charge on any atom is 0.181 e. The Morgan fingerprint density at radius 3 is 2.29 bits per heavy atom. The number of methoxy groups -OCH3 is 2. The molecule has 0 spiro atoms. The van der Waals surface area contributed by atoms with E-state index in [9.17, 15) is 8.42 Å². The van der Waals surface area contributed by atoms with Gasteiger partial charge in [0.25, 0.3) is 0 Å². The zero-order valence-corrected chi connectivity index (χ0v) is 20.1. The summed E-state index contributed by atoms with van der Waals surface area (Å²) in [5.41, 5.74) is 0.675. The number of halogens is 1. The van der Waals surface area contributed by atoms with E-state index in [-0.39, 0.29) is 17.3 Å². The fourth-order valence-corrected chi connectivity index (χ4v) is 4.59. The standard InChI is InChI=1S/C25H22ClNO6S/c1-30-24-15-21-22(16-25(24)31-2)27-11-10-23(21)33-18-6-8-20(9-7-18)34(28,29)13-12-32-19-5-3-4-17(26)14-19/h3-11,14-16H,12-13H2,1-2H3. The van der Waals surface area contributed by atoms with E-state index in [1.165, 1.54) is 12.1 Å². The van der Waals surface area contributed by atoms with Crippen LogP contribution in [0.2, 0.25) is 5.02 Å². The Hall–Kier alpha value is -3.49. The van der Waals surface area contributed by atoms with Gasteiger partial charge in [0.2, 0.25) is 0 Å². The van der Waals surface area contributed by atoms with E-state index in [0.717, 1.165) is 5.39 Å². The van der Waals surface area contributed by atoms with Crippen LogP contribution < -0.4 is 18.9 Å². The van der Waals surface area contributed by atoms with Crippen molar-refractivity contribution in [3.05, 3.63) is 77.9 Å². The molecule has 0 radical (unpaired) electrons. The first kappa shape index (κ1) is 23.7. The smallest absolute Gasteiger partial charge is 0.181 e. The number of pyridine rings is 1. The Morgan fingerprint density at radius 1 is 0.853 bits per heavy atom. The van der Waals surface area contributed by atoms with E-state index in [1.54, 1.807) is 75.0 Å². The second-order valence-corrected chi connectivity index (χ2v) is 9.78. The van der Waals surface area contributed by atoms with E-state index < -0.39 is 9.84 Å². The highest BCUT2D eigenvalue weighted by atomic mass is 35.5. The van der Waals surface area contributed by atoms with Gasteiger partial charge in [-0.25, -0.2) is 8.42 Å². The van der Waals surface area contributed by atoms with Gasteiger partial charge in [-0.2, -0.15) is 0 Å². The molecule has 176 valence electrons. The van der Waals surface area contributed by atoms with Crippen LogP contribution in [0.25, 0.3) is 10.9 Å². The third kappa shape index (κ3) is 5.35. The molecule has 0 saturated heterocycles. The predicted molar refractivity (Wildman–Crippen MR) is 130 cm³/mol. The largest absolute Gasteiger partial charge is 0.493 e. The van der Waals surface area contributed by atoms with Crippen LogP contribution in [0.1, 0.15) is 0 Å². The number of sulfone groups is 1. The van der Waals surface area contributed by atoms with E-state index in [2.05, 4.69) is 4.98 Å². The molecule has 3 aromatic carbocycles. The fourth-order valence-electron chi connectivity index (χ4n) is 3.32. The molecule has 0 N–H and O–H groups in total. The maximum absolute atomic E-state index is 12.7. The number of benzene rings is 3. The molecule has 0 amide bonds. The van der Waals surface area contributed by atoms with Gasteiger partial charge in [-0.05, 0) is 54.6 Å². The van der Waals surface area contributed by atoms with Crippen LogP contribution in [0.15, 0.2) is 77.8 Å². The molecule has 0 fully saturated rings. The summed E-state index contributed by atoms with van der Waals surface area (Å²) in [6.45, 7) is 0.00915. The molecule has 7 nitrogen and oxygen atoms in total. The average molecular weight is 500 g/mol. The second-order valence-electron chi connectivity index (χ2n) is 7.23. The summed E-state index contributed by atoms with van der Waals surface area (Å²) < 4.78 is 47.6. The van der Waals surface area contributed by atoms with Gasteiger partial charge in [0.15, 0.2) is 21.3 Å². The van der Waals surface area contributed by atoms with Crippen LogP contribution in [-0.4, -0.2) is 40.0 Å². The minimum Gasteiger partial charge on any atom is -0.493 e. The summed E-state index contributed by atoms with van der Waals surface area (Å²) in [5.74, 6) is 2.50. The van der Waals surface area contributed by atoms with Gasteiger partial charge >= 0.3 is 0 Å². The number of fused-ring (bicyclic) bond motifs is 1. The lowest BCUT2D eigenvalue weighted by Crippen LogP contribution is -2.14. The molecular weight excluding hydrogens is 478 g/mol. The lowest BCUT2D eigenvalue weighted by atomic mass is 10.2. The van der Waals surface area contributed by atoms with Crippen molar-refractivity contribution in [2.75, 3.05) is 26.6 Å². The van der Waals surface area contributed by atoms with E-state index in [0.29, 0.717) is 39.3 Å². The molecule has 4 aromatic rings. The van der Waals surface area contributed by atoms with Crippen LogP contribution in [0, 0.1) is 0 Å². The number of hydrogen-bond donors (Lipinski definition) is 0. The van der Waals surface area contributed by atoms with Gasteiger partial charge in [-0.3, -0.25) is 4.98 Å². The number of hydrogen-bond acceptors (Lipinski definition) is 7. The number of aromatic nitrogens is 1. The predicted octanol–water partition coefficient (Wildman–Crippen LogP) is 5.55. The Kier molecular flexibility index (Phi) is 7.09. The Morgan fingerprint density at radius 2 is 1.59 bits per heavy atom. The number of ether oxygens (including phenoxy) is 4. The molecule has 4 rings (SSSR count). The molecule has 0 saturated carbocycles. The molecular formula is C25H22ClNO6S. The maximum atomic E-state index is 12.7. The van der Waals surface area contributed by atoms with E-state index in [4.69, 9.17) is 30.5 Å². The lowest BCUT2D eigenvalue weighted by Gasteiger charge is -2.12. The normalized spacial score (nSPS) is 11.3. The van der Waals surface area contributed by atoms with Gasteiger partial charge < -0.3 is 18.9 Å². The first-order valence-electron chi connectivity index (χ1n) is 10.3. The monoisotopic (exact) mass is 499 g/mol. The highest BCUT2D eigenvalue weighted by Gasteiger charge is 2.16. The van der Waals surface area contributed by atoms with Crippen LogP contribution in [0.3, 0.4) is 0 Å². The van der Waals surface area contributed by atoms with Gasteiger partial charge in [-0.15, -0.1) is 0 Å². The summed E-state index contributed by atoms with van der Waals surface area (Å²) in [6.07, 6.45) is 1.63. The topological polar surface area (TPSA) is 84.0 Å². The van der Waals surface area contributed by atoms with Gasteiger partial charge in [0.05, 0.1) is 30.4 Å². The molecule has 0 aliphatic heterocycles. The van der Waals surface area contributed by atoms with Crippen LogP contribution in [0.5, 0.6) is 28.7 Å². The number of nitrogens with zero attached hydrogens (tertiary/aromatic N) is 1. The van der Waals surface area contributed by atoms with Crippen LogP contribution in [-0.2, 0) is 9.84 Å². The Balaban J connectivity index is 1.47. The quantitative estimate of drug-likeness (QED) is 0.298. The second kappa shape index (κ2) is 10.2. The minimum atomic E-state index is -3.54. The summed E-state index contributed by atoms with van der Waals surface area (Å²) in [5, 5.41) is 1.26. The Labute approximate surface area is 202 Å². The molecule has 0 bridgehead atoms. The van der Waals surface area contributed by atoms with Crippen molar-refractivity contribution in [3.8, 4) is 28.7 Å². The molecule has 0 unspecified atom stereocenters. The summed E-state index contributed by atoms with van der Waals surface area (Å²) >= 11 is 5.92. The van der Waals surface area contributed by atoms with Crippen molar-refractivity contribution in [1.82, 2.24) is 4.98 Å². The van der Waals surface area contributed by atoms with Crippen LogP contribution >= 0.6 is 11.6 Å². The first-order valence-corrected chi connectivity index (χ1v) is 12.3. The Bertz CT molecular complexity index is 1410. The molecule has 1 heterocycles. The third-order valence-corrected chi connectivity index (χ3v) is 6.96. The number of rotatable bonds is 9. The first-order chi connectivity index (χ1) is 16.4. The zero-order chi connectivity index (χ0) is 24.1. The zero-order valence-electron chi connectivity index (χ0n) is 18.5. The minimum absolute atomic E-state index is 0.00915. The summed E-state index contributed by atoms with van der Waals surface area (Å²) in [4.78, 5) is 4.54. The third-order valence-electron chi connectivity index (χ3n) is 5.03. The summed E-state index contributed by atoms with van der Waals surface area (Å²) in [6, 6.07) is 18.3.